The van der Waals surface area contributed by atoms with Gasteiger partial charge in [0.2, 0.25) is 0 Å². The molecule has 0 heterocycles. The highest BCUT2D eigenvalue weighted by Gasteiger charge is 2.12. The molecule has 0 fully saturated rings. The van der Waals surface area contributed by atoms with Gasteiger partial charge in [-0.05, 0) is 19.4 Å². The number of benzene rings is 1. The SMILES string of the molecule is CCOP(=O)(O)/C=C/C(C)=C/c1ccccc1. The van der Waals surface area contributed by atoms with Crippen molar-refractivity contribution >= 4 is 13.7 Å². The van der Waals surface area contributed by atoms with Gasteiger partial charge in [-0.25, -0.2) is 0 Å². The van der Waals surface area contributed by atoms with Gasteiger partial charge in [0.15, 0.2) is 0 Å². The lowest BCUT2D eigenvalue weighted by Crippen LogP contribution is -1.84. The zero-order chi connectivity index (χ0) is 12.7. The van der Waals surface area contributed by atoms with E-state index in [0.717, 1.165) is 11.1 Å². The second kappa shape index (κ2) is 6.55. The molecule has 0 radical (unpaired) electrons. The van der Waals surface area contributed by atoms with E-state index in [9.17, 15) is 9.46 Å². The van der Waals surface area contributed by atoms with Gasteiger partial charge in [0.05, 0.1) is 6.61 Å². The van der Waals surface area contributed by atoms with Crippen LogP contribution in [0.25, 0.3) is 6.08 Å². The van der Waals surface area contributed by atoms with E-state index in [4.69, 9.17) is 4.52 Å². The molecule has 0 saturated heterocycles. The lowest BCUT2D eigenvalue weighted by Gasteiger charge is -2.04. The molecule has 0 amide bonds. The van der Waals surface area contributed by atoms with E-state index in [1.807, 2.05) is 43.3 Å². The van der Waals surface area contributed by atoms with Crippen molar-refractivity contribution in [3.8, 4) is 0 Å². The molecule has 0 aromatic heterocycles. The van der Waals surface area contributed by atoms with Crippen molar-refractivity contribution in [3.05, 3.63) is 53.4 Å². The fourth-order valence-corrected chi connectivity index (χ4v) is 2.18. The maximum Gasteiger partial charge on any atom is 0.351 e. The highest BCUT2D eigenvalue weighted by Crippen LogP contribution is 2.43. The van der Waals surface area contributed by atoms with Gasteiger partial charge in [-0.3, -0.25) is 4.57 Å². The van der Waals surface area contributed by atoms with Gasteiger partial charge in [0.25, 0.3) is 0 Å². The van der Waals surface area contributed by atoms with Crippen LogP contribution in [-0.4, -0.2) is 11.5 Å². The predicted octanol–water partition coefficient (Wildman–Crippen LogP) is 3.83. The van der Waals surface area contributed by atoms with Crippen LogP contribution >= 0.6 is 7.60 Å². The van der Waals surface area contributed by atoms with E-state index in [1.54, 1.807) is 13.0 Å². The minimum absolute atomic E-state index is 0.222. The van der Waals surface area contributed by atoms with Gasteiger partial charge in [-0.1, -0.05) is 48.1 Å². The molecule has 0 aliphatic heterocycles. The van der Waals surface area contributed by atoms with Gasteiger partial charge in [-0.15, -0.1) is 0 Å². The normalized spacial score (nSPS) is 16.1. The molecule has 0 aliphatic rings. The third-order valence-corrected chi connectivity index (χ3v) is 3.19. The molecule has 1 N–H and O–H groups in total. The molecule has 92 valence electrons. The Hall–Kier alpha value is -1.15. The average molecular weight is 252 g/mol. The lowest BCUT2D eigenvalue weighted by atomic mass is 10.1. The Bertz CT molecular complexity index is 449. The Morgan fingerprint density at radius 3 is 2.65 bits per heavy atom. The van der Waals surface area contributed by atoms with Crippen LogP contribution in [0.1, 0.15) is 19.4 Å². The maximum absolute atomic E-state index is 11.4. The monoisotopic (exact) mass is 252 g/mol. The van der Waals surface area contributed by atoms with Gasteiger partial charge < -0.3 is 9.42 Å². The van der Waals surface area contributed by atoms with Gasteiger partial charge in [-0.2, -0.15) is 0 Å². The number of hydrogen-bond acceptors (Lipinski definition) is 2. The third kappa shape index (κ3) is 5.64. The Kier molecular flexibility index (Phi) is 5.36. The van der Waals surface area contributed by atoms with Crippen LogP contribution in [-0.2, 0) is 9.09 Å². The molecule has 1 unspecified atom stereocenters. The minimum Gasteiger partial charge on any atom is -0.321 e. The van der Waals surface area contributed by atoms with Crippen molar-refractivity contribution < 1.29 is 14.0 Å². The summed E-state index contributed by atoms with van der Waals surface area (Å²) in [7, 11) is -3.57. The van der Waals surface area contributed by atoms with E-state index in [-0.39, 0.29) is 6.61 Å². The molecule has 3 nitrogen and oxygen atoms in total. The summed E-state index contributed by atoms with van der Waals surface area (Å²) < 4.78 is 16.1. The van der Waals surface area contributed by atoms with Crippen molar-refractivity contribution in [2.75, 3.05) is 6.61 Å². The fraction of sp³-hybridized carbons (Fsp3) is 0.231. The fourth-order valence-electron chi connectivity index (χ4n) is 1.30. The van der Waals surface area contributed by atoms with Crippen molar-refractivity contribution in [2.24, 2.45) is 0 Å². The first-order valence-electron chi connectivity index (χ1n) is 5.43. The van der Waals surface area contributed by atoms with E-state index in [2.05, 4.69) is 0 Å². The second-order valence-corrected chi connectivity index (χ2v) is 5.28. The van der Waals surface area contributed by atoms with E-state index < -0.39 is 7.60 Å². The van der Waals surface area contributed by atoms with Crippen molar-refractivity contribution in [2.45, 2.75) is 13.8 Å². The zero-order valence-electron chi connectivity index (χ0n) is 10.0. The van der Waals surface area contributed by atoms with Gasteiger partial charge in [0.1, 0.15) is 0 Å². The van der Waals surface area contributed by atoms with Crippen molar-refractivity contribution in [1.29, 1.82) is 0 Å². The molecule has 1 aromatic carbocycles. The molecular formula is C13H17O3P. The van der Waals surface area contributed by atoms with Gasteiger partial charge >= 0.3 is 7.60 Å². The summed E-state index contributed by atoms with van der Waals surface area (Å²) in [6.07, 6.45) is 3.53. The summed E-state index contributed by atoms with van der Waals surface area (Å²) in [6, 6.07) is 9.77. The standard InChI is InChI=1S/C13H17O3P/c1-3-16-17(14,15)10-9-12(2)11-13-7-5-4-6-8-13/h4-11H,3H2,1-2H3,(H,14,15)/b10-9+,12-11+. The Labute approximate surface area is 102 Å². The van der Waals surface area contributed by atoms with Crippen LogP contribution in [0.2, 0.25) is 0 Å². The predicted molar refractivity (Wildman–Crippen MR) is 70.7 cm³/mol. The topological polar surface area (TPSA) is 46.5 Å². The smallest absolute Gasteiger partial charge is 0.321 e. The first-order chi connectivity index (χ1) is 8.03. The summed E-state index contributed by atoms with van der Waals surface area (Å²) in [5.74, 6) is 1.21. The summed E-state index contributed by atoms with van der Waals surface area (Å²) in [5.41, 5.74) is 1.95. The van der Waals surface area contributed by atoms with Crippen LogP contribution in [0.5, 0.6) is 0 Å². The number of hydrogen-bond donors (Lipinski definition) is 1. The molecule has 1 rings (SSSR count). The van der Waals surface area contributed by atoms with E-state index in [1.165, 1.54) is 5.82 Å². The first-order valence-corrected chi connectivity index (χ1v) is 7.08. The van der Waals surface area contributed by atoms with Crippen molar-refractivity contribution in [3.63, 3.8) is 0 Å². The highest BCUT2D eigenvalue weighted by molar-refractivity contribution is 7.56. The maximum atomic E-state index is 11.4. The second-order valence-electron chi connectivity index (χ2n) is 3.60. The van der Waals surface area contributed by atoms with Crippen LogP contribution in [0, 0.1) is 0 Å². The summed E-state index contributed by atoms with van der Waals surface area (Å²) in [6.45, 7) is 3.78. The van der Waals surface area contributed by atoms with Crippen LogP contribution in [0.3, 0.4) is 0 Å². The lowest BCUT2D eigenvalue weighted by molar-refractivity contribution is 0.283. The molecule has 0 spiro atoms. The van der Waals surface area contributed by atoms with Crippen LogP contribution < -0.4 is 0 Å². The zero-order valence-corrected chi connectivity index (χ0v) is 10.9. The minimum atomic E-state index is -3.57. The molecule has 17 heavy (non-hydrogen) atoms. The van der Waals surface area contributed by atoms with Gasteiger partial charge in [0, 0.05) is 5.82 Å². The summed E-state index contributed by atoms with van der Waals surface area (Å²) in [5, 5.41) is 0. The summed E-state index contributed by atoms with van der Waals surface area (Å²) in [4.78, 5) is 9.35. The molecule has 1 aromatic rings. The largest absolute Gasteiger partial charge is 0.351 e. The van der Waals surface area contributed by atoms with Crippen LogP contribution in [0.15, 0.2) is 47.8 Å². The molecule has 4 heteroatoms. The Morgan fingerprint density at radius 2 is 2.06 bits per heavy atom. The molecular weight excluding hydrogens is 235 g/mol. The number of rotatable bonds is 5. The highest BCUT2D eigenvalue weighted by atomic mass is 31.2. The van der Waals surface area contributed by atoms with E-state index in [0.29, 0.717) is 0 Å². The third-order valence-electron chi connectivity index (χ3n) is 2.03. The Morgan fingerprint density at radius 1 is 1.41 bits per heavy atom. The molecule has 0 saturated carbocycles. The average Bonchev–Trinajstić information content (AvgIpc) is 2.28. The molecule has 0 bridgehead atoms. The van der Waals surface area contributed by atoms with Crippen molar-refractivity contribution in [1.82, 2.24) is 0 Å². The molecule has 0 aliphatic carbocycles. The van der Waals surface area contributed by atoms with E-state index >= 15 is 0 Å². The quantitative estimate of drug-likeness (QED) is 0.640. The molecule has 1 atom stereocenters. The summed E-state index contributed by atoms with van der Waals surface area (Å²) >= 11 is 0. The van der Waals surface area contributed by atoms with Crippen LogP contribution in [0.4, 0.5) is 0 Å². The first kappa shape index (κ1) is 13.9. The Balaban J connectivity index is 2.73. The number of allylic oxidation sites excluding steroid dienone is 2.